The van der Waals surface area contributed by atoms with Gasteiger partial charge in [-0.05, 0) is 29.6 Å². The molecule has 1 atom stereocenters. The number of hydrogen-bond acceptors (Lipinski definition) is 4. The van der Waals surface area contributed by atoms with E-state index in [2.05, 4.69) is 0 Å². The molecule has 6 heteroatoms. The zero-order valence-electron chi connectivity index (χ0n) is 11.4. The van der Waals surface area contributed by atoms with Gasteiger partial charge in [-0.25, -0.2) is 4.39 Å². The molecular weight excluding hydrogens is 289 g/mol. The summed E-state index contributed by atoms with van der Waals surface area (Å²) in [5.74, 6) is -0.738. The van der Waals surface area contributed by atoms with E-state index in [-0.39, 0.29) is 12.5 Å². The minimum atomic E-state index is -0.753. The van der Waals surface area contributed by atoms with Gasteiger partial charge in [-0.3, -0.25) is 4.79 Å². The number of carbonyl (C=O) groups is 1. The predicted octanol–water partition coefficient (Wildman–Crippen LogP) is 2.42. The zero-order chi connectivity index (χ0) is 15.4. The van der Waals surface area contributed by atoms with E-state index in [9.17, 15) is 9.18 Å². The number of nitriles is 1. The van der Waals surface area contributed by atoms with Gasteiger partial charge in [0.2, 0.25) is 5.91 Å². The molecule has 2 N–H and O–H groups in total. The standard InChI is InChI=1S/C15H14FN3OS/c1-19(15(20)14(18)13-3-2-6-21-13)9-11-7-10(8-17)4-5-12(11)16/h2-7,14H,9,18H2,1H3. The third kappa shape index (κ3) is 3.45. The fourth-order valence-electron chi connectivity index (χ4n) is 1.93. The predicted molar refractivity (Wildman–Crippen MR) is 78.8 cm³/mol. The van der Waals surface area contributed by atoms with Crippen molar-refractivity contribution in [2.24, 2.45) is 5.73 Å². The van der Waals surface area contributed by atoms with E-state index >= 15 is 0 Å². The lowest BCUT2D eigenvalue weighted by atomic mass is 10.1. The molecule has 0 bridgehead atoms. The monoisotopic (exact) mass is 303 g/mol. The van der Waals surface area contributed by atoms with Crippen LogP contribution in [0.3, 0.4) is 0 Å². The normalized spacial score (nSPS) is 11.7. The van der Waals surface area contributed by atoms with Crippen LogP contribution in [0.1, 0.15) is 22.0 Å². The summed E-state index contributed by atoms with van der Waals surface area (Å²) in [6, 6.07) is 8.88. The molecule has 1 aromatic heterocycles. The minimum absolute atomic E-state index is 0.0687. The Hall–Kier alpha value is -2.23. The summed E-state index contributed by atoms with van der Waals surface area (Å²) in [6.07, 6.45) is 0. The first-order valence-electron chi connectivity index (χ1n) is 6.25. The lowest BCUT2D eigenvalue weighted by Gasteiger charge is -2.21. The van der Waals surface area contributed by atoms with Crippen molar-refractivity contribution in [2.75, 3.05) is 7.05 Å². The number of hydrogen-bond donors (Lipinski definition) is 1. The van der Waals surface area contributed by atoms with Crippen LogP contribution in [-0.2, 0) is 11.3 Å². The number of thiophene rings is 1. The van der Waals surface area contributed by atoms with Crippen LogP contribution < -0.4 is 5.73 Å². The van der Waals surface area contributed by atoms with Crippen LogP contribution in [-0.4, -0.2) is 17.9 Å². The van der Waals surface area contributed by atoms with Gasteiger partial charge in [-0.1, -0.05) is 6.07 Å². The Balaban J connectivity index is 2.13. The van der Waals surface area contributed by atoms with E-state index in [0.29, 0.717) is 11.1 Å². The third-order valence-electron chi connectivity index (χ3n) is 3.07. The highest BCUT2D eigenvalue weighted by atomic mass is 32.1. The van der Waals surface area contributed by atoms with E-state index in [1.807, 2.05) is 17.5 Å². The third-order valence-corrected chi connectivity index (χ3v) is 4.03. The molecule has 0 fully saturated rings. The molecule has 1 heterocycles. The molecule has 2 aromatic rings. The molecule has 21 heavy (non-hydrogen) atoms. The molecule has 0 saturated heterocycles. The van der Waals surface area contributed by atoms with Crippen molar-refractivity contribution in [2.45, 2.75) is 12.6 Å². The number of halogens is 1. The highest BCUT2D eigenvalue weighted by molar-refractivity contribution is 7.10. The van der Waals surface area contributed by atoms with Crippen LogP contribution in [0, 0.1) is 17.1 Å². The molecule has 1 amide bonds. The Labute approximate surface area is 126 Å². The van der Waals surface area contributed by atoms with Gasteiger partial charge in [-0.15, -0.1) is 11.3 Å². The molecule has 108 valence electrons. The minimum Gasteiger partial charge on any atom is -0.340 e. The highest BCUT2D eigenvalue weighted by Gasteiger charge is 2.21. The van der Waals surface area contributed by atoms with Gasteiger partial charge in [0.05, 0.1) is 11.6 Å². The Bertz CT molecular complexity index is 679. The Morgan fingerprint density at radius 2 is 2.29 bits per heavy atom. The van der Waals surface area contributed by atoms with Crippen LogP contribution in [0.4, 0.5) is 4.39 Å². The molecule has 0 radical (unpaired) electrons. The van der Waals surface area contributed by atoms with E-state index in [0.717, 1.165) is 4.88 Å². The lowest BCUT2D eigenvalue weighted by Crippen LogP contribution is -2.35. The van der Waals surface area contributed by atoms with Crippen molar-refractivity contribution in [1.82, 2.24) is 4.90 Å². The largest absolute Gasteiger partial charge is 0.340 e. The van der Waals surface area contributed by atoms with E-state index in [4.69, 9.17) is 11.0 Å². The average molecular weight is 303 g/mol. The number of benzene rings is 1. The van der Waals surface area contributed by atoms with Crippen molar-refractivity contribution in [1.29, 1.82) is 5.26 Å². The summed E-state index contributed by atoms with van der Waals surface area (Å²) in [6.45, 7) is 0.0687. The maximum atomic E-state index is 13.7. The number of nitrogens with zero attached hydrogens (tertiary/aromatic N) is 2. The summed E-state index contributed by atoms with van der Waals surface area (Å²) in [7, 11) is 1.56. The van der Waals surface area contributed by atoms with Gasteiger partial charge >= 0.3 is 0 Å². The van der Waals surface area contributed by atoms with E-state index in [1.165, 1.54) is 34.4 Å². The number of carbonyl (C=O) groups excluding carboxylic acids is 1. The lowest BCUT2D eigenvalue weighted by molar-refractivity contribution is -0.131. The van der Waals surface area contributed by atoms with Gasteiger partial charge in [0.1, 0.15) is 11.9 Å². The Morgan fingerprint density at radius 1 is 1.52 bits per heavy atom. The second kappa shape index (κ2) is 6.48. The maximum absolute atomic E-state index is 13.7. The van der Waals surface area contributed by atoms with Crippen LogP contribution in [0.5, 0.6) is 0 Å². The van der Waals surface area contributed by atoms with Gasteiger partial charge in [0.25, 0.3) is 0 Å². The molecule has 2 rings (SSSR count). The molecule has 4 nitrogen and oxygen atoms in total. The molecule has 0 spiro atoms. The van der Waals surface area contributed by atoms with Crippen LogP contribution in [0.2, 0.25) is 0 Å². The van der Waals surface area contributed by atoms with Crippen LogP contribution in [0.25, 0.3) is 0 Å². The number of likely N-dealkylation sites (N-methyl/N-ethyl adjacent to an activating group) is 1. The Kier molecular flexibility index (Phi) is 4.68. The number of nitrogens with two attached hydrogens (primary N) is 1. The second-order valence-electron chi connectivity index (χ2n) is 4.61. The zero-order valence-corrected chi connectivity index (χ0v) is 12.2. The van der Waals surface area contributed by atoms with Crippen LogP contribution in [0.15, 0.2) is 35.7 Å². The first-order chi connectivity index (χ1) is 10.0. The fourth-order valence-corrected chi connectivity index (χ4v) is 2.65. The van der Waals surface area contributed by atoms with Crippen molar-refractivity contribution in [3.8, 4) is 6.07 Å². The van der Waals surface area contributed by atoms with Gasteiger partial charge < -0.3 is 10.6 Å². The molecule has 0 aliphatic rings. The molecular formula is C15H14FN3OS. The van der Waals surface area contributed by atoms with Gasteiger partial charge in [0.15, 0.2) is 0 Å². The van der Waals surface area contributed by atoms with Gasteiger partial charge in [0, 0.05) is 24.0 Å². The van der Waals surface area contributed by atoms with Crippen LogP contribution >= 0.6 is 11.3 Å². The average Bonchev–Trinajstić information content (AvgIpc) is 3.02. The summed E-state index contributed by atoms with van der Waals surface area (Å²) < 4.78 is 13.7. The number of rotatable bonds is 4. The summed E-state index contributed by atoms with van der Waals surface area (Å²) >= 11 is 1.40. The molecule has 1 unspecified atom stereocenters. The smallest absolute Gasteiger partial charge is 0.244 e. The summed E-state index contributed by atoms with van der Waals surface area (Å²) in [5, 5.41) is 10.7. The Morgan fingerprint density at radius 3 is 2.90 bits per heavy atom. The fraction of sp³-hybridized carbons (Fsp3) is 0.200. The molecule has 1 aromatic carbocycles. The van der Waals surface area contributed by atoms with Crippen molar-refractivity contribution < 1.29 is 9.18 Å². The highest BCUT2D eigenvalue weighted by Crippen LogP contribution is 2.20. The number of amides is 1. The second-order valence-corrected chi connectivity index (χ2v) is 5.58. The summed E-state index contributed by atoms with van der Waals surface area (Å²) in [4.78, 5) is 14.4. The van der Waals surface area contributed by atoms with E-state index in [1.54, 1.807) is 13.1 Å². The van der Waals surface area contributed by atoms with E-state index < -0.39 is 11.9 Å². The van der Waals surface area contributed by atoms with Gasteiger partial charge in [-0.2, -0.15) is 5.26 Å². The topological polar surface area (TPSA) is 70.1 Å². The first-order valence-corrected chi connectivity index (χ1v) is 7.13. The maximum Gasteiger partial charge on any atom is 0.244 e. The van der Waals surface area contributed by atoms with Crippen molar-refractivity contribution in [3.05, 3.63) is 57.5 Å². The molecule has 0 aliphatic heterocycles. The first kappa shape index (κ1) is 15.2. The molecule has 0 aliphatic carbocycles. The molecule has 0 saturated carbocycles. The SMILES string of the molecule is CN(Cc1cc(C#N)ccc1F)C(=O)C(N)c1cccs1. The summed E-state index contributed by atoms with van der Waals surface area (Å²) in [5.41, 5.74) is 6.56. The van der Waals surface area contributed by atoms with Crippen molar-refractivity contribution in [3.63, 3.8) is 0 Å². The quantitative estimate of drug-likeness (QED) is 0.943. The van der Waals surface area contributed by atoms with Crippen molar-refractivity contribution >= 4 is 17.2 Å².